The number of carbonyl (C=O) groups excluding carboxylic acids is 1. The van der Waals surface area contributed by atoms with E-state index in [2.05, 4.69) is 24.4 Å². The summed E-state index contributed by atoms with van der Waals surface area (Å²) in [5.41, 5.74) is 5.88. The summed E-state index contributed by atoms with van der Waals surface area (Å²) < 4.78 is 0. The van der Waals surface area contributed by atoms with Crippen molar-refractivity contribution in [1.82, 2.24) is 5.32 Å². The van der Waals surface area contributed by atoms with Gasteiger partial charge in [-0.1, -0.05) is 31.9 Å². The van der Waals surface area contributed by atoms with Crippen molar-refractivity contribution in [3.63, 3.8) is 0 Å². The lowest BCUT2D eigenvalue weighted by Crippen LogP contribution is -2.60. The third-order valence-corrected chi connectivity index (χ3v) is 5.81. The van der Waals surface area contributed by atoms with Crippen LogP contribution in [-0.2, 0) is 4.79 Å². The fourth-order valence-electron chi connectivity index (χ4n) is 4.37. The van der Waals surface area contributed by atoms with E-state index in [1.807, 2.05) is 0 Å². The summed E-state index contributed by atoms with van der Waals surface area (Å²) in [7, 11) is 0. The Labute approximate surface area is 116 Å². The number of allylic oxidation sites excluding steroid dienone is 2. The molecule has 3 aliphatic rings. The number of carbonyl (C=O) groups is 1. The highest BCUT2D eigenvalue weighted by atomic mass is 16.2. The van der Waals surface area contributed by atoms with Crippen LogP contribution >= 0.6 is 0 Å². The fourth-order valence-corrected chi connectivity index (χ4v) is 4.37. The van der Waals surface area contributed by atoms with Gasteiger partial charge in [-0.3, -0.25) is 4.79 Å². The summed E-state index contributed by atoms with van der Waals surface area (Å²) >= 11 is 0. The molecule has 2 bridgehead atoms. The van der Waals surface area contributed by atoms with Crippen LogP contribution in [-0.4, -0.2) is 18.0 Å². The van der Waals surface area contributed by atoms with E-state index in [0.29, 0.717) is 24.3 Å². The second-order valence-electron chi connectivity index (χ2n) is 6.88. The summed E-state index contributed by atoms with van der Waals surface area (Å²) in [4.78, 5) is 12.6. The number of rotatable bonds is 3. The van der Waals surface area contributed by atoms with E-state index in [9.17, 15) is 4.79 Å². The third-order valence-electron chi connectivity index (χ3n) is 5.81. The van der Waals surface area contributed by atoms with Gasteiger partial charge in [-0.05, 0) is 43.4 Å². The van der Waals surface area contributed by atoms with Crippen molar-refractivity contribution in [2.24, 2.45) is 29.4 Å². The first kappa shape index (κ1) is 13.2. The Balaban J connectivity index is 1.69. The number of fused-ring (bicyclic) bond motifs is 2. The van der Waals surface area contributed by atoms with Crippen LogP contribution in [0.15, 0.2) is 12.2 Å². The molecule has 3 nitrogen and oxygen atoms in total. The minimum Gasteiger partial charge on any atom is -0.349 e. The van der Waals surface area contributed by atoms with Crippen molar-refractivity contribution in [2.75, 3.05) is 6.54 Å². The molecule has 1 amide bonds. The van der Waals surface area contributed by atoms with Gasteiger partial charge in [0.2, 0.25) is 5.91 Å². The van der Waals surface area contributed by atoms with Crippen molar-refractivity contribution >= 4 is 5.91 Å². The average Bonchev–Trinajstić information content (AvgIpc) is 3.04. The number of nitrogens with two attached hydrogens (primary N) is 1. The van der Waals surface area contributed by atoms with Crippen LogP contribution in [0.3, 0.4) is 0 Å². The van der Waals surface area contributed by atoms with E-state index >= 15 is 0 Å². The van der Waals surface area contributed by atoms with Crippen molar-refractivity contribution in [3.8, 4) is 0 Å². The van der Waals surface area contributed by atoms with Gasteiger partial charge in [0, 0.05) is 12.5 Å². The Kier molecular flexibility index (Phi) is 3.42. The molecule has 0 saturated heterocycles. The number of nitrogens with one attached hydrogen (secondary N) is 1. The van der Waals surface area contributed by atoms with Gasteiger partial charge in [0.15, 0.2) is 0 Å². The molecule has 0 aromatic carbocycles. The quantitative estimate of drug-likeness (QED) is 0.766. The lowest BCUT2D eigenvalue weighted by atomic mass is 9.73. The minimum atomic E-state index is -0.138. The van der Waals surface area contributed by atoms with Gasteiger partial charge in [-0.25, -0.2) is 0 Å². The molecule has 3 rings (SSSR count). The zero-order valence-corrected chi connectivity index (χ0v) is 11.9. The number of hydrogen-bond donors (Lipinski definition) is 2. The third kappa shape index (κ3) is 2.22. The van der Waals surface area contributed by atoms with E-state index < -0.39 is 0 Å². The molecule has 0 aliphatic heterocycles. The smallest absolute Gasteiger partial charge is 0.224 e. The molecule has 3 heteroatoms. The molecule has 0 spiro atoms. The Morgan fingerprint density at radius 3 is 2.79 bits per heavy atom. The second kappa shape index (κ2) is 4.93. The second-order valence-corrected chi connectivity index (χ2v) is 6.88. The van der Waals surface area contributed by atoms with Crippen LogP contribution in [0.2, 0.25) is 0 Å². The summed E-state index contributed by atoms with van der Waals surface area (Å²) in [6, 6.07) is 0. The molecule has 0 aromatic heterocycles. The lowest BCUT2D eigenvalue weighted by molar-refractivity contribution is -0.128. The maximum atomic E-state index is 12.6. The molecule has 2 saturated carbocycles. The molecule has 3 N–H and O–H groups in total. The zero-order valence-electron chi connectivity index (χ0n) is 11.9. The maximum absolute atomic E-state index is 12.6. The number of hydrogen-bond acceptors (Lipinski definition) is 2. The monoisotopic (exact) mass is 262 g/mol. The molecular weight excluding hydrogens is 236 g/mol. The first-order valence-corrected chi connectivity index (χ1v) is 7.85. The van der Waals surface area contributed by atoms with Gasteiger partial charge in [-0.2, -0.15) is 0 Å². The van der Waals surface area contributed by atoms with Crippen LogP contribution in [0.1, 0.15) is 45.4 Å². The molecule has 2 fully saturated rings. The minimum absolute atomic E-state index is 0.138. The summed E-state index contributed by atoms with van der Waals surface area (Å²) in [5.74, 6) is 2.10. The van der Waals surface area contributed by atoms with Crippen LogP contribution in [0.4, 0.5) is 0 Å². The van der Waals surface area contributed by atoms with Crippen molar-refractivity contribution in [2.45, 2.75) is 51.0 Å². The average molecular weight is 262 g/mol. The molecular formula is C16H26N2O. The first-order chi connectivity index (χ1) is 9.14. The van der Waals surface area contributed by atoms with Crippen LogP contribution in [0, 0.1) is 23.7 Å². The van der Waals surface area contributed by atoms with Crippen LogP contribution in [0.25, 0.3) is 0 Å². The molecule has 19 heavy (non-hydrogen) atoms. The fraction of sp³-hybridized carbons (Fsp3) is 0.812. The largest absolute Gasteiger partial charge is 0.349 e. The molecule has 5 atom stereocenters. The topological polar surface area (TPSA) is 55.1 Å². The van der Waals surface area contributed by atoms with Gasteiger partial charge in [-0.15, -0.1) is 0 Å². The van der Waals surface area contributed by atoms with E-state index in [1.165, 1.54) is 25.7 Å². The zero-order chi connectivity index (χ0) is 13.5. The molecule has 3 aliphatic carbocycles. The molecule has 5 unspecified atom stereocenters. The Morgan fingerprint density at radius 2 is 2.21 bits per heavy atom. The van der Waals surface area contributed by atoms with Crippen LogP contribution < -0.4 is 11.1 Å². The van der Waals surface area contributed by atoms with Gasteiger partial charge in [0.1, 0.15) is 0 Å². The Morgan fingerprint density at radius 1 is 1.37 bits per heavy atom. The van der Waals surface area contributed by atoms with Gasteiger partial charge in [0.25, 0.3) is 0 Å². The molecule has 106 valence electrons. The highest BCUT2D eigenvalue weighted by molar-refractivity contribution is 5.80. The van der Waals surface area contributed by atoms with Gasteiger partial charge < -0.3 is 11.1 Å². The van der Waals surface area contributed by atoms with Crippen molar-refractivity contribution in [1.29, 1.82) is 0 Å². The van der Waals surface area contributed by atoms with E-state index in [1.54, 1.807) is 0 Å². The molecule has 0 aromatic rings. The van der Waals surface area contributed by atoms with Crippen molar-refractivity contribution in [3.05, 3.63) is 12.2 Å². The number of amides is 1. The first-order valence-electron chi connectivity index (χ1n) is 7.85. The maximum Gasteiger partial charge on any atom is 0.224 e. The molecule has 0 radical (unpaired) electrons. The summed E-state index contributed by atoms with van der Waals surface area (Å²) in [5, 5.41) is 3.36. The predicted molar refractivity (Wildman–Crippen MR) is 76.4 cm³/mol. The molecule has 0 heterocycles. The van der Waals surface area contributed by atoms with Gasteiger partial charge in [0.05, 0.1) is 5.54 Å². The van der Waals surface area contributed by atoms with E-state index in [4.69, 9.17) is 5.73 Å². The SMILES string of the molecule is CC1CCCCC1(CN)NC(=O)C1CC2C=CC1C2. The van der Waals surface area contributed by atoms with Gasteiger partial charge >= 0.3 is 0 Å². The Bertz CT molecular complexity index is 392. The standard InChI is InChI=1S/C16H26N2O/c1-11-4-2-3-7-16(11,10-17)18-15(19)14-9-12-5-6-13(14)8-12/h5-6,11-14H,2-4,7-10,17H2,1H3,(H,18,19). The summed E-state index contributed by atoms with van der Waals surface area (Å²) in [6.07, 6.45) is 11.5. The highest BCUT2D eigenvalue weighted by Gasteiger charge is 2.44. The Hall–Kier alpha value is -0.830. The van der Waals surface area contributed by atoms with E-state index in [-0.39, 0.29) is 17.4 Å². The van der Waals surface area contributed by atoms with E-state index in [0.717, 1.165) is 12.8 Å². The van der Waals surface area contributed by atoms with Crippen LogP contribution in [0.5, 0.6) is 0 Å². The normalized spacial score (nSPS) is 44.5. The van der Waals surface area contributed by atoms with Crippen molar-refractivity contribution < 1.29 is 4.79 Å². The summed E-state index contributed by atoms with van der Waals surface area (Å²) in [6.45, 7) is 2.82. The highest BCUT2D eigenvalue weighted by Crippen LogP contribution is 2.44. The lowest BCUT2D eigenvalue weighted by Gasteiger charge is -2.43. The predicted octanol–water partition coefficient (Wildman–Crippen LogP) is 2.22.